The van der Waals surface area contributed by atoms with Crippen molar-refractivity contribution in [2.75, 3.05) is 7.11 Å². The number of ether oxygens (including phenoxy) is 1. The highest BCUT2D eigenvalue weighted by atomic mass is 16.5. The summed E-state index contributed by atoms with van der Waals surface area (Å²) in [7, 11) is 1.56. The smallest absolute Gasteiger partial charge is 0.339 e. The average Bonchev–Trinajstić information content (AvgIpc) is 2.45. The van der Waals surface area contributed by atoms with Crippen LogP contribution in [-0.4, -0.2) is 23.3 Å². The molecule has 0 radical (unpaired) electrons. The van der Waals surface area contributed by atoms with E-state index in [-0.39, 0.29) is 11.3 Å². The Balaban J connectivity index is 3.23. The Kier molecular flexibility index (Phi) is 7.22. The van der Waals surface area contributed by atoms with Gasteiger partial charge in [0, 0.05) is 5.56 Å². The van der Waals surface area contributed by atoms with Gasteiger partial charge in [-0.15, -0.1) is 0 Å². The van der Waals surface area contributed by atoms with Gasteiger partial charge in [-0.1, -0.05) is 33.6 Å². The maximum atomic E-state index is 11.6. The number of methoxy groups -OCH3 is 1. The van der Waals surface area contributed by atoms with Gasteiger partial charge >= 0.3 is 5.97 Å². The molecule has 1 rings (SSSR count). The quantitative estimate of drug-likeness (QED) is 0.663. The SMILES string of the molecule is CCCCCc1cc(OC)c(CCC(C)C)c(O)c1C(=O)O. The molecule has 0 unspecified atom stereocenters. The zero-order chi connectivity index (χ0) is 16.7. The molecule has 0 saturated carbocycles. The van der Waals surface area contributed by atoms with E-state index >= 15 is 0 Å². The van der Waals surface area contributed by atoms with Crippen molar-refractivity contribution in [3.8, 4) is 11.5 Å². The molecule has 4 heteroatoms. The van der Waals surface area contributed by atoms with Gasteiger partial charge < -0.3 is 14.9 Å². The molecule has 0 aromatic heterocycles. The summed E-state index contributed by atoms with van der Waals surface area (Å²) < 4.78 is 5.39. The van der Waals surface area contributed by atoms with E-state index in [1.807, 2.05) is 0 Å². The van der Waals surface area contributed by atoms with E-state index in [9.17, 15) is 15.0 Å². The van der Waals surface area contributed by atoms with Crippen molar-refractivity contribution >= 4 is 5.97 Å². The summed E-state index contributed by atoms with van der Waals surface area (Å²) in [5.74, 6) is -0.132. The topological polar surface area (TPSA) is 66.8 Å². The van der Waals surface area contributed by atoms with Crippen molar-refractivity contribution in [3.63, 3.8) is 0 Å². The normalized spacial score (nSPS) is 11.0. The van der Waals surface area contributed by atoms with Crippen molar-refractivity contribution in [2.45, 2.75) is 59.3 Å². The summed E-state index contributed by atoms with van der Waals surface area (Å²) >= 11 is 0. The number of unbranched alkanes of at least 4 members (excludes halogenated alkanes) is 2. The van der Waals surface area contributed by atoms with Crippen molar-refractivity contribution < 1.29 is 19.7 Å². The van der Waals surface area contributed by atoms with Crippen molar-refractivity contribution in [1.82, 2.24) is 0 Å². The van der Waals surface area contributed by atoms with Crippen LogP contribution in [0.1, 0.15) is 67.9 Å². The zero-order valence-electron chi connectivity index (χ0n) is 14.1. The van der Waals surface area contributed by atoms with E-state index in [2.05, 4.69) is 20.8 Å². The van der Waals surface area contributed by atoms with E-state index in [0.717, 1.165) is 25.7 Å². The van der Waals surface area contributed by atoms with Crippen LogP contribution >= 0.6 is 0 Å². The predicted molar refractivity (Wildman–Crippen MR) is 88.0 cm³/mol. The van der Waals surface area contributed by atoms with Gasteiger partial charge in [-0.05, 0) is 43.2 Å². The molecule has 2 N–H and O–H groups in total. The molecule has 1 aromatic carbocycles. The molecule has 0 atom stereocenters. The number of aromatic hydroxyl groups is 1. The first-order chi connectivity index (χ1) is 10.4. The number of rotatable bonds is 9. The lowest BCUT2D eigenvalue weighted by molar-refractivity contribution is 0.0692. The van der Waals surface area contributed by atoms with E-state index in [1.54, 1.807) is 13.2 Å². The highest BCUT2D eigenvalue weighted by Gasteiger charge is 2.22. The van der Waals surface area contributed by atoms with Crippen LogP contribution < -0.4 is 4.74 Å². The molecule has 0 aliphatic rings. The number of hydrogen-bond donors (Lipinski definition) is 2. The Hall–Kier alpha value is -1.71. The molecule has 0 aliphatic heterocycles. The molecule has 0 amide bonds. The number of carboxylic acid groups (broad SMARTS) is 1. The number of hydrogen-bond acceptors (Lipinski definition) is 3. The number of carbonyl (C=O) groups is 1. The second-order valence-electron chi connectivity index (χ2n) is 6.13. The largest absolute Gasteiger partial charge is 0.507 e. The second-order valence-corrected chi connectivity index (χ2v) is 6.13. The van der Waals surface area contributed by atoms with Gasteiger partial charge in [0.05, 0.1) is 7.11 Å². The Morgan fingerprint density at radius 2 is 1.95 bits per heavy atom. The summed E-state index contributed by atoms with van der Waals surface area (Å²) in [6.07, 6.45) is 5.14. The van der Waals surface area contributed by atoms with Gasteiger partial charge in [0.15, 0.2) is 0 Å². The number of aromatic carboxylic acids is 1. The standard InChI is InChI=1S/C18H28O4/c1-5-6-7-8-13-11-15(22-4)14(10-9-12(2)3)17(19)16(13)18(20)21/h11-12,19H,5-10H2,1-4H3,(H,20,21). The molecular formula is C18H28O4. The highest BCUT2D eigenvalue weighted by Crippen LogP contribution is 2.36. The van der Waals surface area contributed by atoms with Crippen molar-refractivity contribution in [3.05, 3.63) is 22.8 Å². The molecular weight excluding hydrogens is 280 g/mol. The van der Waals surface area contributed by atoms with Crippen LogP contribution in [0.15, 0.2) is 6.07 Å². The summed E-state index contributed by atoms with van der Waals surface area (Å²) in [4.78, 5) is 11.6. The third kappa shape index (κ3) is 4.65. The summed E-state index contributed by atoms with van der Waals surface area (Å²) in [5.41, 5.74) is 1.30. The lowest BCUT2D eigenvalue weighted by Crippen LogP contribution is -2.08. The molecule has 4 nitrogen and oxygen atoms in total. The van der Waals surface area contributed by atoms with Crippen LogP contribution in [0.3, 0.4) is 0 Å². The first kappa shape index (κ1) is 18.3. The van der Waals surface area contributed by atoms with Gasteiger partial charge in [-0.25, -0.2) is 4.79 Å². The maximum Gasteiger partial charge on any atom is 0.339 e. The van der Waals surface area contributed by atoms with Crippen LogP contribution in [-0.2, 0) is 12.8 Å². The lowest BCUT2D eigenvalue weighted by Gasteiger charge is -2.17. The fourth-order valence-corrected chi connectivity index (χ4v) is 2.60. The van der Waals surface area contributed by atoms with E-state index < -0.39 is 5.97 Å². The van der Waals surface area contributed by atoms with Gasteiger partial charge in [0.1, 0.15) is 17.1 Å². The van der Waals surface area contributed by atoms with Crippen molar-refractivity contribution in [2.24, 2.45) is 5.92 Å². The molecule has 124 valence electrons. The molecule has 1 aromatic rings. The first-order valence-corrected chi connectivity index (χ1v) is 8.07. The average molecular weight is 308 g/mol. The molecule has 0 aliphatic carbocycles. The highest BCUT2D eigenvalue weighted by molar-refractivity contribution is 5.93. The fourth-order valence-electron chi connectivity index (χ4n) is 2.60. The summed E-state index contributed by atoms with van der Waals surface area (Å²) in [6, 6.07) is 1.79. The monoisotopic (exact) mass is 308 g/mol. The number of aryl methyl sites for hydroxylation is 1. The minimum atomic E-state index is -1.07. The molecule has 22 heavy (non-hydrogen) atoms. The van der Waals surface area contributed by atoms with E-state index in [4.69, 9.17) is 4.74 Å². The Bertz CT molecular complexity index is 506. The molecule has 0 heterocycles. The summed E-state index contributed by atoms with van der Waals surface area (Å²) in [6.45, 7) is 6.30. The van der Waals surface area contributed by atoms with Gasteiger partial charge in [0.25, 0.3) is 0 Å². The van der Waals surface area contributed by atoms with Crippen LogP contribution in [0, 0.1) is 5.92 Å². The third-order valence-electron chi connectivity index (χ3n) is 3.90. The minimum Gasteiger partial charge on any atom is -0.507 e. The maximum absolute atomic E-state index is 11.6. The Morgan fingerprint density at radius 3 is 2.45 bits per heavy atom. The van der Waals surface area contributed by atoms with Gasteiger partial charge in [0.2, 0.25) is 0 Å². The molecule has 0 bridgehead atoms. The van der Waals surface area contributed by atoms with Gasteiger partial charge in [-0.2, -0.15) is 0 Å². The minimum absolute atomic E-state index is 0.0376. The van der Waals surface area contributed by atoms with Crippen LogP contribution in [0.25, 0.3) is 0 Å². The van der Waals surface area contributed by atoms with Crippen molar-refractivity contribution in [1.29, 1.82) is 0 Å². The van der Waals surface area contributed by atoms with Crippen LogP contribution in [0.5, 0.6) is 11.5 Å². The fraction of sp³-hybridized carbons (Fsp3) is 0.611. The zero-order valence-corrected chi connectivity index (χ0v) is 14.1. The number of benzene rings is 1. The molecule has 0 fully saturated rings. The first-order valence-electron chi connectivity index (χ1n) is 8.07. The number of phenols is 1. The number of carboxylic acids is 1. The molecule has 0 saturated heterocycles. The second kappa shape index (κ2) is 8.66. The lowest BCUT2D eigenvalue weighted by atomic mass is 9.93. The van der Waals surface area contributed by atoms with E-state index in [1.165, 1.54) is 0 Å². The third-order valence-corrected chi connectivity index (χ3v) is 3.90. The summed E-state index contributed by atoms with van der Waals surface area (Å²) in [5, 5.41) is 19.9. The Labute approximate surface area is 133 Å². The van der Waals surface area contributed by atoms with Gasteiger partial charge in [-0.3, -0.25) is 0 Å². The molecule has 0 spiro atoms. The van der Waals surface area contributed by atoms with E-state index in [0.29, 0.717) is 35.6 Å². The predicted octanol–water partition coefficient (Wildman–Crippen LogP) is 4.42. The van der Waals surface area contributed by atoms with Crippen LogP contribution in [0.2, 0.25) is 0 Å². The van der Waals surface area contributed by atoms with Crippen LogP contribution in [0.4, 0.5) is 0 Å². The Morgan fingerprint density at radius 1 is 1.27 bits per heavy atom.